The van der Waals surface area contributed by atoms with Gasteiger partial charge in [-0.2, -0.15) is 0 Å². The zero-order chi connectivity index (χ0) is 27.5. The molecule has 0 aromatic carbocycles. The molecule has 3 fully saturated rings. The van der Waals surface area contributed by atoms with Crippen molar-refractivity contribution in [2.45, 2.75) is 98.2 Å². The third kappa shape index (κ3) is 3.82. The Kier molecular flexibility index (Phi) is 6.71. The highest BCUT2D eigenvalue weighted by molar-refractivity contribution is 6.38. The quantitative estimate of drug-likeness (QED) is 0.167. The summed E-state index contributed by atoms with van der Waals surface area (Å²) in [4.78, 5) is 47.5. The van der Waals surface area contributed by atoms with Gasteiger partial charge in [-0.25, -0.2) is 9.59 Å². The normalized spacial score (nSPS) is 41.3. The van der Waals surface area contributed by atoms with E-state index in [9.17, 15) is 14.4 Å². The first-order valence-electron chi connectivity index (χ1n) is 14.0. The van der Waals surface area contributed by atoms with Crippen LogP contribution in [-0.4, -0.2) is 47.6 Å². The molecule has 0 unspecified atom stereocenters. The number of carbonyl (C=O) groups excluding carboxylic acids is 3. The van der Waals surface area contributed by atoms with Crippen LogP contribution in [0.3, 0.4) is 0 Å². The van der Waals surface area contributed by atoms with E-state index < -0.39 is 17.5 Å². The molecule has 0 saturated heterocycles. The largest absolute Gasteiger partial charge is 0.462 e. The number of hydrogen-bond acceptors (Lipinski definition) is 9. The van der Waals surface area contributed by atoms with Crippen molar-refractivity contribution < 1.29 is 33.5 Å². The van der Waals surface area contributed by atoms with Gasteiger partial charge in [0.25, 0.3) is 0 Å². The summed E-state index contributed by atoms with van der Waals surface area (Å²) in [7, 11) is 0. The maximum atomic E-state index is 13.0. The Morgan fingerprint density at radius 1 is 1.11 bits per heavy atom. The average Bonchev–Trinajstić information content (AvgIpc) is 3.36. The molecule has 0 radical (unpaired) electrons. The lowest BCUT2D eigenvalue weighted by Gasteiger charge is -2.58. The molecule has 1 heterocycles. The van der Waals surface area contributed by atoms with E-state index in [0.29, 0.717) is 23.3 Å². The zero-order valence-corrected chi connectivity index (χ0v) is 23.4. The minimum Gasteiger partial charge on any atom is -0.462 e. The molecule has 3 saturated carbocycles. The van der Waals surface area contributed by atoms with Crippen molar-refractivity contribution in [3.05, 3.63) is 11.6 Å². The number of rotatable bonds is 5. The Bertz CT molecular complexity index is 1130. The van der Waals surface area contributed by atoms with E-state index in [0.717, 1.165) is 44.9 Å². The molecule has 0 amide bonds. The standard InChI is InChI=1S/C29H40N2O7/c1-7-35-26(34)25-24-15-23-21-9-8-19-14-20(36-17(3)32)10-12-27(19,5)22(21)11-13-28(23,6)29(24,38-31-25)16(2)30-37-18(4)33/h8,20-24H,7,9-15H2,1-6H3/b30-16+/t20-,21+,22+,23+,24-,27-,28-,29+/m0/s1. The van der Waals surface area contributed by atoms with Gasteiger partial charge in [0.2, 0.25) is 0 Å². The molecular formula is C29H40N2O7. The van der Waals surface area contributed by atoms with E-state index >= 15 is 0 Å². The molecule has 8 atom stereocenters. The van der Waals surface area contributed by atoms with Crippen LogP contribution in [0.1, 0.15) is 86.5 Å². The van der Waals surface area contributed by atoms with Crippen molar-refractivity contribution in [1.82, 2.24) is 0 Å². The topological polar surface area (TPSA) is 113 Å². The maximum absolute atomic E-state index is 13.0. The van der Waals surface area contributed by atoms with Crippen LogP contribution in [0.2, 0.25) is 0 Å². The number of ether oxygens (including phenoxy) is 2. The Hall–Kier alpha value is -2.71. The summed E-state index contributed by atoms with van der Waals surface area (Å²) in [6.45, 7) is 11.3. The first kappa shape index (κ1) is 26.9. The monoisotopic (exact) mass is 528 g/mol. The van der Waals surface area contributed by atoms with Crippen molar-refractivity contribution in [3.8, 4) is 0 Å². The maximum Gasteiger partial charge on any atom is 0.356 e. The van der Waals surface area contributed by atoms with Crippen molar-refractivity contribution in [3.63, 3.8) is 0 Å². The van der Waals surface area contributed by atoms with Crippen LogP contribution < -0.4 is 0 Å². The van der Waals surface area contributed by atoms with Crippen LogP contribution in [0.4, 0.5) is 0 Å². The molecule has 9 heteroatoms. The van der Waals surface area contributed by atoms with Crippen LogP contribution in [-0.2, 0) is 33.5 Å². The third-order valence-corrected chi connectivity index (χ3v) is 10.6. The summed E-state index contributed by atoms with van der Waals surface area (Å²) in [6, 6.07) is 0. The second-order valence-electron chi connectivity index (χ2n) is 12.3. The van der Waals surface area contributed by atoms with Gasteiger partial charge in [0.1, 0.15) is 11.8 Å². The lowest BCUT2D eigenvalue weighted by atomic mass is 9.46. The van der Waals surface area contributed by atoms with Crippen molar-refractivity contribution in [2.24, 2.45) is 44.8 Å². The highest BCUT2D eigenvalue weighted by Crippen LogP contribution is 2.70. The van der Waals surface area contributed by atoms with Gasteiger partial charge >= 0.3 is 17.9 Å². The van der Waals surface area contributed by atoms with Gasteiger partial charge in [0.15, 0.2) is 11.3 Å². The molecule has 0 bridgehead atoms. The highest BCUT2D eigenvalue weighted by Gasteiger charge is 2.74. The fourth-order valence-electron chi connectivity index (χ4n) is 8.97. The molecule has 38 heavy (non-hydrogen) atoms. The summed E-state index contributed by atoms with van der Waals surface area (Å²) >= 11 is 0. The molecule has 0 aromatic heterocycles. The molecule has 0 spiro atoms. The number of nitrogens with zero attached hydrogens (tertiary/aromatic N) is 2. The van der Waals surface area contributed by atoms with Gasteiger partial charge in [0.05, 0.1) is 12.5 Å². The van der Waals surface area contributed by atoms with Crippen LogP contribution in [0, 0.1) is 34.5 Å². The Balaban J connectivity index is 1.50. The predicted molar refractivity (Wildman–Crippen MR) is 139 cm³/mol. The van der Waals surface area contributed by atoms with Crippen LogP contribution in [0.5, 0.6) is 0 Å². The molecule has 9 nitrogen and oxygen atoms in total. The van der Waals surface area contributed by atoms with Gasteiger partial charge in [-0.1, -0.05) is 35.8 Å². The molecule has 0 N–H and O–H groups in total. The number of oxime groups is 2. The minimum absolute atomic E-state index is 0.0387. The first-order valence-corrected chi connectivity index (χ1v) is 14.0. The number of carbonyl (C=O) groups is 3. The SMILES string of the molecule is CCOC(=O)C1=NO[C@]2(/C(C)=N/OC(C)=O)[C@H]1C[C@@H]1[C@@H]3CC=C4C[C@@H](OC(C)=O)CC[C@]4(C)[C@@H]3CC[C@@]12C. The molecular weight excluding hydrogens is 488 g/mol. The zero-order valence-electron chi connectivity index (χ0n) is 23.4. The molecule has 0 aromatic rings. The summed E-state index contributed by atoms with van der Waals surface area (Å²) in [5.41, 5.74) is 0.983. The Morgan fingerprint density at radius 2 is 1.87 bits per heavy atom. The fraction of sp³-hybridized carbons (Fsp3) is 0.759. The van der Waals surface area contributed by atoms with Gasteiger partial charge in [-0.05, 0) is 75.5 Å². The molecule has 5 rings (SSSR count). The number of allylic oxidation sites excluding steroid dienone is 1. The van der Waals surface area contributed by atoms with Gasteiger partial charge in [0, 0.05) is 25.7 Å². The molecule has 208 valence electrons. The molecule has 1 aliphatic heterocycles. The van der Waals surface area contributed by atoms with Gasteiger partial charge in [-0.3, -0.25) is 4.79 Å². The fourth-order valence-corrected chi connectivity index (χ4v) is 8.97. The van der Waals surface area contributed by atoms with Gasteiger partial charge in [-0.15, -0.1) is 0 Å². The van der Waals surface area contributed by atoms with E-state index in [1.165, 1.54) is 19.4 Å². The highest BCUT2D eigenvalue weighted by atomic mass is 16.7. The third-order valence-electron chi connectivity index (χ3n) is 10.6. The minimum atomic E-state index is -0.974. The molecule has 4 aliphatic carbocycles. The van der Waals surface area contributed by atoms with E-state index in [1.54, 1.807) is 6.92 Å². The van der Waals surface area contributed by atoms with Crippen molar-refractivity contribution in [2.75, 3.05) is 6.61 Å². The lowest BCUT2D eigenvalue weighted by molar-refractivity contribution is -0.149. The summed E-state index contributed by atoms with van der Waals surface area (Å²) in [5.74, 6) is -0.351. The number of hydrogen-bond donors (Lipinski definition) is 0. The van der Waals surface area contributed by atoms with E-state index in [-0.39, 0.29) is 41.3 Å². The van der Waals surface area contributed by atoms with Crippen molar-refractivity contribution >= 4 is 29.3 Å². The van der Waals surface area contributed by atoms with Gasteiger partial charge < -0.3 is 19.1 Å². The summed E-state index contributed by atoms with van der Waals surface area (Å²) in [5, 5.41) is 8.47. The van der Waals surface area contributed by atoms with Crippen molar-refractivity contribution in [1.29, 1.82) is 0 Å². The molecule has 5 aliphatic rings. The average molecular weight is 529 g/mol. The number of esters is 2. The lowest BCUT2D eigenvalue weighted by Crippen LogP contribution is -2.59. The van der Waals surface area contributed by atoms with Crippen LogP contribution in [0.25, 0.3) is 0 Å². The number of fused-ring (bicyclic) bond motifs is 7. The van der Waals surface area contributed by atoms with Crippen LogP contribution in [0.15, 0.2) is 22.0 Å². The predicted octanol–water partition coefficient (Wildman–Crippen LogP) is 4.73. The van der Waals surface area contributed by atoms with E-state index in [2.05, 4.69) is 30.2 Å². The van der Waals surface area contributed by atoms with E-state index in [1.807, 2.05) is 6.92 Å². The second-order valence-corrected chi connectivity index (χ2v) is 12.3. The summed E-state index contributed by atoms with van der Waals surface area (Å²) in [6.07, 6.45) is 8.60. The Labute approximate surface area is 224 Å². The summed E-state index contributed by atoms with van der Waals surface area (Å²) < 4.78 is 10.9. The Morgan fingerprint density at radius 3 is 2.55 bits per heavy atom. The van der Waals surface area contributed by atoms with Crippen LogP contribution >= 0.6 is 0 Å². The second kappa shape index (κ2) is 9.49. The first-order chi connectivity index (χ1) is 18.0. The smallest absolute Gasteiger partial charge is 0.356 e. The van der Waals surface area contributed by atoms with E-state index in [4.69, 9.17) is 19.1 Å².